The van der Waals surface area contributed by atoms with Crippen molar-refractivity contribution in [1.82, 2.24) is 20.4 Å². The van der Waals surface area contributed by atoms with Crippen LogP contribution in [0.3, 0.4) is 0 Å². The number of hydrogen-bond acceptors (Lipinski definition) is 7. The normalized spacial score (nSPS) is 23.3. The molecule has 3 aliphatic rings. The van der Waals surface area contributed by atoms with E-state index in [9.17, 15) is 32.7 Å². The molecule has 5 rings (SSSR count). The molecule has 0 aromatic heterocycles. The molecule has 2 aromatic carbocycles. The van der Waals surface area contributed by atoms with Crippen LogP contribution in [0.4, 0.5) is 13.2 Å². The third kappa shape index (κ3) is 5.98. The zero-order valence-electron chi connectivity index (χ0n) is 21.0. The summed E-state index contributed by atoms with van der Waals surface area (Å²) in [6, 6.07) is 7.35. The lowest BCUT2D eigenvalue weighted by Crippen LogP contribution is -2.51. The summed E-state index contributed by atoms with van der Waals surface area (Å²) >= 11 is 0. The Balaban J connectivity index is 1.28. The summed E-state index contributed by atoms with van der Waals surface area (Å²) in [6.07, 6.45) is -5.49. The van der Waals surface area contributed by atoms with Crippen molar-refractivity contribution in [2.75, 3.05) is 26.3 Å². The molecule has 3 amide bonds. The van der Waals surface area contributed by atoms with Gasteiger partial charge in [-0.3, -0.25) is 29.5 Å². The predicted octanol–water partition coefficient (Wildman–Crippen LogP) is 2.16. The standard InChI is InChI=1S/C27H29F3N4O5/c28-27(29,30)23(17-3-1-16(2-4-17)14-33-9-11-39-12-10-33)32-24(36)18-5-6-20-19(13-18)15-34(26(20)38)21-7-8-22(35)31-25(21)37/h1-6,13,21,23,26,38H,7-12,14-15H2,(H,32,36)(H,31,35,37)/t21?,23-,26?/m1/s1. The van der Waals surface area contributed by atoms with Gasteiger partial charge in [0.25, 0.3) is 5.91 Å². The Kier molecular flexibility index (Phi) is 7.72. The zero-order valence-corrected chi connectivity index (χ0v) is 21.0. The molecule has 12 heteroatoms. The fourth-order valence-electron chi connectivity index (χ4n) is 5.28. The number of aliphatic hydroxyl groups is 1. The van der Waals surface area contributed by atoms with Crippen molar-refractivity contribution in [3.05, 3.63) is 70.3 Å². The third-order valence-corrected chi connectivity index (χ3v) is 7.39. The van der Waals surface area contributed by atoms with E-state index in [0.29, 0.717) is 30.9 Å². The van der Waals surface area contributed by atoms with Gasteiger partial charge in [0.05, 0.1) is 19.3 Å². The van der Waals surface area contributed by atoms with Gasteiger partial charge in [0, 0.05) is 38.2 Å². The summed E-state index contributed by atoms with van der Waals surface area (Å²) in [7, 11) is 0. The second kappa shape index (κ2) is 11.0. The molecule has 0 bridgehead atoms. The maximum atomic E-state index is 14.0. The van der Waals surface area contributed by atoms with Crippen LogP contribution < -0.4 is 10.6 Å². The number of hydrogen-bond donors (Lipinski definition) is 3. The number of alkyl halides is 3. The molecule has 0 aliphatic carbocycles. The number of amides is 3. The minimum absolute atomic E-state index is 0.00395. The van der Waals surface area contributed by atoms with Gasteiger partial charge in [-0.25, -0.2) is 0 Å². The molecule has 3 aliphatic heterocycles. The lowest BCUT2D eigenvalue weighted by atomic mass is 10.0. The lowest BCUT2D eigenvalue weighted by molar-refractivity contribution is -0.155. The molecule has 39 heavy (non-hydrogen) atoms. The topological polar surface area (TPSA) is 111 Å². The van der Waals surface area contributed by atoms with Crippen molar-refractivity contribution in [3.63, 3.8) is 0 Å². The summed E-state index contributed by atoms with van der Waals surface area (Å²) < 4.78 is 47.3. The Labute approximate surface area is 222 Å². The number of aliphatic hydroxyl groups excluding tert-OH is 1. The van der Waals surface area contributed by atoms with Gasteiger partial charge in [0.2, 0.25) is 11.8 Å². The lowest BCUT2D eigenvalue weighted by Gasteiger charge is -2.31. The fourth-order valence-corrected chi connectivity index (χ4v) is 5.28. The summed E-state index contributed by atoms with van der Waals surface area (Å²) in [5.41, 5.74) is 1.77. The molecule has 2 aromatic rings. The van der Waals surface area contributed by atoms with Crippen molar-refractivity contribution >= 4 is 17.7 Å². The first-order valence-corrected chi connectivity index (χ1v) is 12.8. The Bertz CT molecular complexity index is 1250. The van der Waals surface area contributed by atoms with Crippen molar-refractivity contribution in [2.45, 2.75) is 50.4 Å². The zero-order chi connectivity index (χ0) is 27.7. The van der Waals surface area contributed by atoms with Crippen LogP contribution in [0, 0.1) is 0 Å². The maximum absolute atomic E-state index is 14.0. The van der Waals surface area contributed by atoms with Gasteiger partial charge in [-0.15, -0.1) is 0 Å². The number of imide groups is 1. The smallest absolute Gasteiger partial charge is 0.379 e. The molecular weight excluding hydrogens is 517 g/mol. The number of ether oxygens (including phenoxy) is 1. The van der Waals surface area contributed by atoms with Crippen LogP contribution in [0.15, 0.2) is 42.5 Å². The molecule has 2 fully saturated rings. The largest absolute Gasteiger partial charge is 0.412 e. The Morgan fingerprint density at radius 2 is 1.85 bits per heavy atom. The Hall–Kier alpha value is -3.32. The number of morpholine rings is 1. The second-order valence-electron chi connectivity index (χ2n) is 10.0. The number of nitrogens with zero attached hydrogens (tertiary/aromatic N) is 2. The highest BCUT2D eigenvalue weighted by atomic mass is 19.4. The summed E-state index contributed by atoms with van der Waals surface area (Å²) in [6.45, 7) is 3.46. The highest BCUT2D eigenvalue weighted by Gasteiger charge is 2.43. The number of rotatable bonds is 6. The second-order valence-corrected chi connectivity index (χ2v) is 10.0. The van der Waals surface area contributed by atoms with Crippen LogP contribution in [0.2, 0.25) is 0 Å². The van der Waals surface area contributed by atoms with E-state index in [4.69, 9.17) is 4.74 Å². The van der Waals surface area contributed by atoms with Crippen LogP contribution in [0.5, 0.6) is 0 Å². The molecule has 2 saturated heterocycles. The predicted molar refractivity (Wildman–Crippen MR) is 132 cm³/mol. The van der Waals surface area contributed by atoms with Crippen LogP contribution in [-0.2, 0) is 27.4 Å². The number of fused-ring (bicyclic) bond motifs is 1. The maximum Gasteiger partial charge on any atom is 0.412 e. The first-order valence-electron chi connectivity index (χ1n) is 12.8. The van der Waals surface area contributed by atoms with Gasteiger partial charge in [-0.05, 0) is 40.8 Å². The van der Waals surface area contributed by atoms with E-state index in [1.807, 2.05) is 0 Å². The summed E-state index contributed by atoms with van der Waals surface area (Å²) in [5, 5.41) is 15.1. The molecular formula is C27H29F3N4O5. The van der Waals surface area contributed by atoms with Crippen molar-refractivity contribution in [1.29, 1.82) is 0 Å². The fraction of sp³-hybridized carbons (Fsp3) is 0.444. The number of halogens is 3. The average molecular weight is 547 g/mol. The van der Waals surface area contributed by atoms with Gasteiger partial charge in [-0.1, -0.05) is 30.3 Å². The molecule has 208 valence electrons. The van der Waals surface area contributed by atoms with Crippen LogP contribution >= 0.6 is 0 Å². The first kappa shape index (κ1) is 27.3. The number of piperidine rings is 1. The number of benzene rings is 2. The van der Waals surface area contributed by atoms with Crippen LogP contribution in [0.1, 0.15) is 57.7 Å². The molecule has 3 N–H and O–H groups in total. The van der Waals surface area contributed by atoms with Crippen LogP contribution in [0.25, 0.3) is 0 Å². The number of carbonyl (C=O) groups is 3. The SMILES string of the molecule is O=C1CCC(N2Cc3cc(C(=O)N[C@H](c4ccc(CN5CCOCC5)cc4)C(F)(F)F)ccc3C2O)C(=O)N1. The number of nitrogens with one attached hydrogen (secondary N) is 2. The quantitative estimate of drug-likeness (QED) is 0.477. The van der Waals surface area contributed by atoms with Gasteiger partial charge >= 0.3 is 6.18 Å². The van der Waals surface area contributed by atoms with E-state index in [2.05, 4.69) is 15.5 Å². The summed E-state index contributed by atoms with van der Waals surface area (Å²) in [5.74, 6) is -1.81. The molecule has 0 spiro atoms. The molecule has 3 atom stereocenters. The van der Waals surface area contributed by atoms with E-state index in [1.165, 1.54) is 35.2 Å². The highest BCUT2D eigenvalue weighted by Crippen LogP contribution is 2.37. The molecule has 9 nitrogen and oxygen atoms in total. The summed E-state index contributed by atoms with van der Waals surface area (Å²) in [4.78, 5) is 40.4. The molecule has 0 radical (unpaired) electrons. The van der Waals surface area contributed by atoms with E-state index < -0.39 is 36.3 Å². The molecule has 2 unspecified atom stereocenters. The monoisotopic (exact) mass is 546 g/mol. The van der Waals surface area contributed by atoms with Gasteiger partial charge < -0.3 is 15.2 Å². The minimum Gasteiger partial charge on any atom is -0.379 e. The Morgan fingerprint density at radius 3 is 2.51 bits per heavy atom. The first-order chi connectivity index (χ1) is 18.6. The minimum atomic E-state index is -4.73. The van der Waals surface area contributed by atoms with Crippen LogP contribution in [-0.4, -0.2) is 71.1 Å². The van der Waals surface area contributed by atoms with E-state index in [-0.39, 0.29) is 36.4 Å². The van der Waals surface area contributed by atoms with Crippen molar-refractivity contribution < 1.29 is 37.4 Å². The van der Waals surface area contributed by atoms with E-state index in [1.54, 1.807) is 12.1 Å². The van der Waals surface area contributed by atoms with E-state index in [0.717, 1.165) is 18.7 Å². The average Bonchev–Trinajstić information content (AvgIpc) is 3.23. The molecule has 0 saturated carbocycles. The highest BCUT2D eigenvalue weighted by molar-refractivity contribution is 6.00. The van der Waals surface area contributed by atoms with Crippen molar-refractivity contribution in [2.24, 2.45) is 0 Å². The number of carbonyl (C=O) groups excluding carboxylic acids is 3. The van der Waals surface area contributed by atoms with Gasteiger partial charge in [-0.2, -0.15) is 13.2 Å². The van der Waals surface area contributed by atoms with Crippen molar-refractivity contribution in [3.8, 4) is 0 Å². The third-order valence-electron chi connectivity index (χ3n) is 7.39. The van der Waals surface area contributed by atoms with E-state index >= 15 is 0 Å². The Morgan fingerprint density at radius 1 is 1.13 bits per heavy atom. The van der Waals surface area contributed by atoms with Gasteiger partial charge in [0.1, 0.15) is 6.23 Å². The van der Waals surface area contributed by atoms with Gasteiger partial charge in [0.15, 0.2) is 6.04 Å². The molecule has 3 heterocycles.